The first-order valence-electron chi connectivity index (χ1n) is 3.44. The minimum Gasteiger partial charge on any atom is -0.478 e. The number of nitriles is 1. The van der Waals surface area contributed by atoms with Crippen LogP contribution < -0.4 is 0 Å². The first-order valence-corrected chi connectivity index (χ1v) is 4.32. The number of aromatic carboxylic acids is 1. The molecule has 0 bridgehead atoms. The molecule has 4 heteroatoms. The summed E-state index contributed by atoms with van der Waals surface area (Å²) in [6.45, 7) is 1.84. The van der Waals surface area contributed by atoms with E-state index in [2.05, 4.69) is 0 Å². The molecule has 1 N–H and O–H groups in total. The lowest BCUT2D eigenvalue weighted by molar-refractivity contribution is 0.0696. The van der Waals surface area contributed by atoms with Gasteiger partial charge in [-0.15, -0.1) is 11.3 Å². The number of hydrogen-bond donors (Lipinski definition) is 1. The molecular formula is C8H7NO2S. The Kier molecular flexibility index (Phi) is 2.46. The normalized spacial score (nSPS) is 9.33. The van der Waals surface area contributed by atoms with E-state index in [1.54, 1.807) is 0 Å². The SMILES string of the molecule is CCc1c(C(=O)O)csc1C#N. The Balaban J connectivity index is 3.25. The van der Waals surface area contributed by atoms with Gasteiger partial charge in [0.15, 0.2) is 0 Å². The van der Waals surface area contributed by atoms with Gasteiger partial charge >= 0.3 is 5.97 Å². The number of thiophene rings is 1. The summed E-state index contributed by atoms with van der Waals surface area (Å²) in [6.07, 6.45) is 0.591. The van der Waals surface area contributed by atoms with Crippen LogP contribution in [0.3, 0.4) is 0 Å². The van der Waals surface area contributed by atoms with Gasteiger partial charge in [0.1, 0.15) is 10.9 Å². The van der Waals surface area contributed by atoms with Crippen LogP contribution in [-0.4, -0.2) is 11.1 Å². The van der Waals surface area contributed by atoms with E-state index in [4.69, 9.17) is 10.4 Å². The molecule has 1 aromatic heterocycles. The third kappa shape index (κ3) is 1.31. The highest BCUT2D eigenvalue weighted by Crippen LogP contribution is 2.22. The summed E-state index contributed by atoms with van der Waals surface area (Å²) in [5.74, 6) is -0.954. The van der Waals surface area contributed by atoms with Crippen molar-refractivity contribution in [2.45, 2.75) is 13.3 Å². The summed E-state index contributed by atoms with van der Waals surface area (Å²) < 4.78 is 0. The second kappa shape index (κ2) is 3.37. The highest BCUT2D eigenvalue weighted by Gasteiger charge is 2.14. The summed E-state index contributed by atoms with van der Waals surface area (Å²) in [6, 6.07) is 1.98. The van der Waals surface area contributed by atoms with Gasteiger partial charge in [-0.25, -0.2) is 4.79 Å². The molecule has 0 saturated carbocycles. The van der Waals surface area contributed by atoms with Crippen molar-refractivity contribution in [3.05, 3.63) is 21.4 Å². The summed E-state index contributed by atoms with van der Waals surface area (Å²) >= 11 is 1.19. The maximum atomic E-state index is 10.6. The van der Waals surface area contributed by atoms with Gasteiger partial charge in [-0.05, 0) is 12.0 Å². The molecule has 0 amide bonds. The van der Waals surface area contributed by atoms with Crippen molar-refractivity contribution in [2.75, 3.05) is 0 Å². The van der Waals surface area contributed by atoms with Crippen LogP contribution in [0.4, 0.5) is 0 Å². The number of hydrogen-bond acceptors (Lipinski definition) is 3. The lowest BCUT2D eigenvalue weighted by atomic mass is 10.1. The van der Waals surface area contributed by atoms with Crippen LogP contribution in [0.15, 0.2) is 5.38 Å². The van der Waals surface area contributed by atoms with Crippen molar-refractivity contribution >= 4 is 17.3 Å². The monoisotopic (exact) mass is 181 g/mol. The zero-order chi connectivity index (χ0) is 9.14. The number of nitrogens with zero attached hydrogens (tertiary/aromatic N) is 1. The van der Waals surface area contributed by atoms with E-state index in [0.717, 1.165) is 0 Å². The average molecular weight is 181 g/mol. The van der Waals surface area contributed by atoms with E-state index in [1.807, 2.05) is 13.0 Å². The predicted octanol–water partition coefficient (Wildman–Crippen LogP) is 1.88. The summed E-state index contributed by atoms with van der Waals surface area (Å²) in [7, 11) is 0. The Morgan fingerprint density at radius 1 is 1.83 bits per heavy atom. The van der Waals surface area contributed by atoms with Gasteiger partial charge in [-0.3, -0.25) is 0 Å². The van der Waals surface area contributed by atoms with E-state index in [-0.39, 0.29) is 5.56 Å². The molecule has 1 aromatic rings. The first kappa shape index (κ1) is 8.75. The smallest absolute Gasteiger partial charge is 0.336 e. The standard InChI is InChI=1S/C8H7NO2S/c1-2-5-6(8(10)11)4-12-7(5)3-9/h4H,2H2,1H3,(H,10,11). The number of carboxylic acid groups (broad SMARTS) is 1. The van der Waals surface area contributed by atoms with Crippen LogP contribution >= 0.6 is 11.3 Å². The molecule has 0 spiro atoms. The molecule has 12 heavy (non-hydrogen) atoms. The fourth-order valence-electron chi connectivity index (χ4n) is 1.01. The second-order valence-corrected chi connectivity index (χ2v) is 3.11. The summed E-state index contributed by atoms with van der Waals surface area (Å²) in [4.78, 5) is 11.1. The van der Waals surface area contributed by atoms with Gasteiger partial charge < -0.3 is 5.11 Å². The molecule has 0 saturated heterocycles. The topological polar surface area (TPSA) is 61.1 Å². The minimum atomic E-state index is -0.954. The largest absolute Gasteiger partial charge is 0.478 e. The van der Waals surface area contributed by atoms with Crippen LogP contribution in [0.5, 0.6) is 0 Å². The Hall–Kier alpha value is -1.34. The van der Waals surface area contributed by atoms with Crippen LogP contribution in [0.25, 0.3) is 0 Å². The predicted molar refractivity (Wildman–Crippen MR) is 45.4 cm³/mol. The molecule has 0 atom stereocenters. The van der Waals surface area contributed by atoms with Crippen molar-refractivity contribution in [1.29, 1.82) is 5.26 Å². The van der Waals surface area contributed by atoms with Gasteiger partial charge in [-0.2, -0.15) is 5.26 Å². The molecule has 0 aliphatic rings. The van der Waals surface area contributed by atoms with Gasteiger partial charge in [0.25, 0.3) is 0 Å². The highest BCUT2D eigenvalue weighted by atomic mass is 32.1. The Morgan fingerprint density at radius 3 is 2.92 bits per heavy atom. The molecule has 0 fully saturated rings. The fourth-order valence-corrected chi connectivity index (χ4v) is 1.93. The van der Waals surface area contributed by atoms with Gasteiger partial charge in [-0.1, -0.05) is 6.92 Å². The fraction of sp³-hybridized carbons (Fsp3) is 0.250. The van der Waals surface area contributed by atoms with Gasteiger partial charge in [0.05, 0.1) is 5.56 Å². The Morgan fingerprint density at radius 2 is 2.50 bits per heavy atom. The summed E-state index contributed by atoms with van der Waals surface area (Å²) in [5.41, 5.74) is 0.911. The zero-order valence-corrected chi connectivity index (χ0v) is 7.31. The van der Waals surface area contributed by atoms with Crippen molar-refractivity contribution in [3.63, 3.8) is 0 Å². The molecule has 0 aliphatic carbocycles. The molecule has 1 heterocycles. The number of rotatable bonds is 2. The lowest BCUT2D eigenvalue weighted by Gasteiger charge is -1.94. The quantitative estimate of drug-likeness (QED) is 0.757. The van der Waals surface area contributed by atoms with Crippen molar-refractivity contribution in [2.24, 2.45) is 0 Å². The maximum Gasteiger partial charge on any atom is 0.336 e. The first-order chi connectivity index (χ1) is 5.70. The van der Waals surface area contributed by atoms with Crippen LogP contribution in [0, 0.1) is 11.3 Å². The lowest BCUT2D eigenvalue weighted by Crippen LogP contribution is -1.98. The molecule has 0 unspecified atom stereocenters. The maximum absolute atomic E-state index is 10.6. The van der Waals surface area contributed by atoms with Crippen molar-refractivity contribution < 1.29 is 9.90 Å². The highest BCUT2D eigenvalue weighted by molar-refractivity contribution is 7.11. The number of carboxylic acids is 1. The van der Waals surface area contributed by atoms with Crippen LogP contribution in [0.1, 0.15) is 27.7 Å². The van der Waals surface area contributed by atoms with Crippen LogP contribution in [-0.2, 0) is 6.42 Å². The number of carbonyl (C=O) groups is 1. The average Bonchev–Trinajstić information content (AvgIpc) is 2.46. The van der Waals surface area contributed by atoms with E-state index in [1.165, 1.54) is 16.7 Å². The van der Waals surface area contributed by atoms with Crippen molar-refractivity contribution in [3.8, 4) is 6.07 Å². The van der Waals surface area contributed by atoms with Gasteiger partial charge in [0, 0.05) is 5.38 Å². The molecule has 62 valence electrons. The Labute approximate surface area is 73.9 Å². The minimum absolute atomic E-state index is 0.263. The molecule has 0 radical (unpaired) electrons. The third-order valence-corrected chi connectivity index (χ3v) is 2.51. The molecule has 0 aliphatic heterocycles. The zero-order valence-electron chi connectivity index (χ0n) is 6.50. The summed E-state index contributed by atoms with van der Waals surface area (Å²) in [5, 5.41) is 18.8. The van der Waals surface area contributed by atoms with E-state index < -0.39 is 5.97 Å². The second-order valence-electron chi connectivity index (χ2n) is 2.23. The molecule has 1 rings (SSSR count). The van der Waals surface area contributed by atoms with E-state index in [9.17, 15) is 4.79 Å². The third-order valence-electron chi connectivity index (χ3n) is 1.58. The molecular weight excluding hydrogens is 174 g/mol. The van der Waals surface area contributed by atoms with Gasteiger partial charge in [0.2, 0.25) is 0 Å². The Bertz CT molecular complexity index is 348. The molecule has 3 nitrogen and oxygen atoms in total. The molecule has 0 aromatic carbocycles. The van der Waals surface area contributed by atoms with Crippen LogP contribution in [0.2, 0.25) is 0 Å². The van der Waals surface area contributed by atoms with Crippen molar-refractivity contribution in [1.82, 2.24) is 0 Å². The van der Waals surface area contributed by atoms with E-state index >= 15 is 0 Å². The van der Waals surface area contributed by atoms with E-state index in [0.29, 0.717) is 16.9 Å².